The van der Waals surface area contributed by atoms with Crippen LogP contribution in [-0.4, -0.2) is 42.4 Å². The summed E-state index contributed by atoms with van der Waals surface area (Å²) in [4.78, 5) is 14.7. The van der Waals surface area contributed by atoms with E-state index in [0.717, 1.165) is 51.5 Å². The van der Waals surface area contributed by atoms with Crippen LogP contribution in [0.1, 0.15) is 24.0 Å². The second-order valence-electron chi connectivity index (χ2n) is 6.44. The van der Waals surface area contributed by atoms with Gasteiger partial charge in [-0.1, -0.05) is 18.2 Å². The average Bonchev–Trinajstić information content (AvgIpc) is 3.06. The topological polar surface area (TPSA) is 23.6 Å². The molecule has 1 atom stereocenters. The average molecular weight is 312 g/mol. The SMILES string of the molecule is O=CN1CCC2(CCN(Cc3ccccc3C(F)(F)F)C2)C1. The molecule has 3 rings (SSSR count). The van der Waals surface area contributed by atoms with Gasteiger partial charge in [-0.2, -0.15) is 13.2 Å². The van der Waals surface area contributed by atoms with E-state index < -0.39 is 11.7 Å². The number of likely N-dealkylation sites (tertiary alicyclic amines) is 2. The van der Waals surface area contributed by atoms with Crippen LogP contribution in [0.4, 0.5) is 13.2 Å². The number of nitrogens with zero attached hydrogens (tertiary/aromatic N) is 2. The Morgan fingerprint density at radius 1 is 1.14 bits per heavy atom. The smallest absolute Gasteiger partial charge is 0.345 e. The lowest BCUT2D eigenvalue weighted by Gasteiger charge is -2.24. The summed E-state index contributed by atoms with van der Waals surface area (Å²) < 4.78 is 39.1. The number of amides is 1. The molecular formula is C16H19F3N2O. The molecule has 22 heavy (non-hydrogen) atoms. The number of hydrogen-bond donors (Lipinski definition) is 0. The Balaban J connectivity index is 1.70. The first-order valence-electron chi connectivity index (χ1n) is 7.49. The van der Waals surface area contributed by atoms with Crippen molar-refractivity contribution in [3.63, 3.8) is 0 Å². The van der Waals surface area contributed by atoms with E-state index in [1.54, 1.807) is 17.0 Å². The number of carbonyl (C=O) groups excluding carboxylic acids is 1. The minimum Gasteiger partial charge on any atom is -0.345 e. The van der Waals surface area contributed by atoms with E-state index in [-0.39, 0.29) is 5.41 Å². The maximum absolute atomic E-state index is 13.0. The van der Waals surface area contributed by atoms with Crippen LogP contribution in [0.25, 0.3) is 0 Å². The van der Waals surface area contributed by atoms with Crippen LogP contribution >= 0.6 is 0 Å². The van der Waals surface area contributed by atoms with Crippen molar-refractivity contribution in [2.24, 2.45) is 5.41 Å². The van der Waals surface area contributed by atoms with E-state index in [0.29, 0.717) is 12.1 Å². The predicted octanol–water partition coefficient (Wildman–Crippen LogP) is 2.76. The van der Waals surface area contributed by atoms with Crippen LogP contribution in [0.15, 0.2) is 24.3 Å². The Morgan fingerprint density at radius 3 is 2.55 bits per heavy atom. The van der Waals surface area contributed by atoms with E-state index in [1.165, 1.54) is 6.07 Å². The summed E-state index contributed by atoms with van der Waals surface area (Å²) in [6.45, 7) is 3.37. The van der Waals surface area contributed by atoms with Gasteiger partial charge >= 0.3 is 6.18 Å². The van der Waals surface area contributed by atoms with E-state index >= 15 is 0 Å². The molecule has 2 heterocycles. The molecule has 1 spiro atoms. The molecule has 0 saturated carbocycles. The number of alkyl halides is 3. The van der Waals surface area contributed by atoms with E-state index in [9.17, 15) is 18.0 Å². The monoisotopic (exact) mass is 312 g/mol. The number of benzene rings is 1. The minimum absolute atomic E-state index is 0.0775. The molecule has 1 aromatic carbocycles. The van der Waals surface area contributed by atoms with Crippen LogP contribution in [0.2, 0.25) is 0 Å². The molecule has 120 valence electrons. The molecule has 0 bridgehead atoms. The van der Waals surface area contributed by atoms with Crippen LogP contribution in [0.5, 0.6) is 0 Å². The third kappa shape index (κ3) is 2.97. The zero-order valence-corrected chi connectivity index (χ0v) is 12.3. The molecule has 3 nitrogen and oxygen atoms in total. The normalized spacial score (nSPS) is 26.0. The van der Waals surface area contributed by atoms with E-state index in [2.05, 4.69) is 4.90 Å². The summed E-state index contributed by atoms with van der Waals surface area (Å²) in [7, 11) is 0. The molecule has 6 heteroatoms. The molecule has 0 aromatic heterocycles. The summed E-state index contributed by atoms with van der Waals surface area (Å²) >= 11 is 0. The Kier molecular flexibility index (Phi) is 3.89. The Morgan fingerprint density at radius 2 is 1.86 bits per heavy atom. The summed E-state index contributed by atoms with van der Waals surface area (Å²) in [6, 6.07) is 5.78. The summed E-state index contributed by atoms with van der Waals surface area (Å²) in [5.74, 6) is 0. The lowest BCUT2D eigenvalue weighted by atomic mass is 9.86. The molecule has 1 amide bonds. The maximum Gasteiger partial charge on any atom is 0.416 e. The minimum atomic E-state index is -4.31. The van der Waals surface area contributed by atoms with Crippen molar-refractivity contribution in [3.05, 3.63) is 35.4 Å². The standard InChI is InChI=1S/C16H19F3N2O/c17-16(18,19)14-4-2-1-3-13(14)9-20-7-5-15(10-20)6-8-21(11-15)12-22/h1-4,12H,5-11H2. The van der Waals surface area contributed by atoms with Crippen LogP contribution in [0, 0.1) is 5.41 Å². The highest BCUT2D eigenvalue weighted by Gasteiger charge is 2.43. The molecule has 0 N–H and O–H groups in total. The molecule has 2 saturated heterocycles. The summed E-state index contributed by atoms with van der Waals surface area (Å²) in [6.07, 6.45) is -1.54. The molecule has 1 unspecified atom stereocenters. The van der Waals surface area contributed by atoms with Crippen molar-refractivity contribution >= 4 is 6.41 Å². The van der Waals surface area contributed by atoms with Crippen LogP contribution in [0.3, 0.4) is 0 Å². The Bertz CT molecular complexity index is 561. The molecule has 2 aliphatic rings. The number of halogens is 3. The van der Waals surface area contributed by atoms with Gasteiger partial charge in [-0.05, 0) is 31.0 Å². The highest BCUT2D eigenvalue weighted by Crippen LogP contribution is 2.40. The van der Waals surface area contributed by atoms with Crippen molar-refractivity contribution in [2.75, 3.05) is 26.2 Å². The fourth-order valence-electron chi connectivity index (χ4n) is 3.73. The lowest BCUT2D eigenvalue weighted by Crippen LogP contribution is -2.30. The number of carbonyl (C=O) groups is 1. The predicted molar refractivity (Wildman–Crippen MR) is 76.0 cm³/mol. The Labute approximate surface area is 127 Å². The van der Waals surface area contributed by atoms with Crippen molar-refractivity contribution in [1.82, 2.24) is 9.80 Å². The quantitative estimate of drug-likeness (QED) is 0.801. The van der Waals surface area contributed by atoms with Crippen molar-refractivity contribution in [3.8, 4) is 0 Å². The fourth-order valence-corrected chi connectivity index (χ4v) is 3.73. The second kappa shape index (κ2) is 5.57. The third-order valence-electron chi connectivity index (χ3n) is 4.85. The van der Waals surface area contributed by atoms with Gasteiger partial charge in [0.2, 0.25) is 6.41 Å². The zero-order chi connectivity index (χ0) is 15.8. The molecule has 2 fully saturated rings. The van der Waals surface area contributed by atoms with Gasteiger partial charge in [-0.15, -0.1) is 0 Å². The largest absolute Gasteiger partial charge is 0.416 e. The first-order valence-corrected chi connectivity index (χ1v) is 7.49. The van der Waals surface area contributed by atoms with Gasteiger partial charge in [0.15, 0.2) is 0 Å². The summed E-state index contributed by atoms with van der Waals surface area (Å²) in [5, 5.41) is 0. The van der Waals surface area contributed by atoms with Gasteiger partial charge in [0.1, 0.15) is 0 Å². The third-order valence-corrected chi connectivity index (χ3v) is 4.85. The van der Waals surface area contributed by atoms with Crippen molar-refractivity contribution < 1.29 is 18.0 Å². The molecule has 2 aliphatic heterocycles. The van der Waals surface area contributed by atoms with Gasteiger partial charge < -0.3 is 4.90 Å². The summed E-state index contributed by atoms with van der Waals surface area (Å²) in [5.41, 5.74) is -0.136. The van der Waals surface area contributed by atoms with Crippen molar-refractivity contribution in [1.29, 1.82) is 0 Å². The second-order valence-corrected chi connectivity index (χ2v) is 6.44. The molecular weight excluding hydrogens is 293 g/mol. The molecule has 0 aliphatic carbocycles. The van der Waals surface area contributed by atoms with Gasteiger partial charge in [0.05, 0.1) is 5.56 Å². The van der Waals surface area contributed by atoms with Gasteiger partial charge in [-0.25, -0.2) is 0 Å². The highest BCUT2D eigenvalue weighted by atomic mass is 19.4. The zero-order valence-electron chi connectivity index (χ0n) is 12.3. The van der Waals surface area contributed by atoms with Gasteiger partial charge in [0.25, 0.3) is 0 Å². The molecule has 0 radical (unpaired) electrons. The number of hydrogen-bond acceptors (Lipinski definition) is 2. The number of rotatable bonds is 3. The van der Waals surface area contributed by atoms with Gasteiger partial charge in [-0.3, -0.25) is 9.69 Å². The first kappa shape index (κ1) is 15.3. The fraction of sp³-hybridized carbons (Fsp3) is 0.562. The van der Waals surface area contributed by atoms with E-state index in [4.69, 9.17) is 0 Å². The van der Waals surface area contributed by atoms with Gasteiger partial charge in [0, 0.05) is 31.6 Å². The van der Waals surface area contributed by atoms with Crippen LogP contribution in [-0.2, 0) is 17.5 Å². The highest BCUT2D eigenvalue weighted by molar-refractivity contribution is 5.48. The van der Waals surface area contributed by atoms with Crippen molar-refractivity contribution in [2.45, 2.75) is 25.6 Å². The maximum atomic E-state index is 13.0. The Hall–Kier alpha value is -1.56. The van der Waals surface area contributed by atoms with E-state index in [1.807, 2.05) is 0 Å². The first-order chi connectivity index (χ1) is 10.4. The van der Waals surface area contributed by atoms with Crippen LogP contribution < -0.4 is 0 Å². The molecule has 1 aromatic rings. The lowest BCUT2D eigenvalue weighted by molar-refractivity contribution is -0.138.